The fraction of sp³-hybridized carbons (Fsp3) is 0.600. The topological polar surface area (TPSA) is 122 Å². The first-order valence-corrected chi connectivity index (χ1v) is 10.1. The molecular weight excluding hydrogens is 374 g/mol. The van der Waals surface area contributed by atoms with Crippen molar-refractivity contribution in [2.75, 3.05) is 11.9 Å². The molecule has 2 aromatic rings. The Labute approximate surface area is 170 Å². The maximum absolute atomic E-state index is 12.1. The maximum atomic E-state index is 12.1. The minimum absolute atomic E-state index is 0.104. The summed E-state index contributed by atoms with van der Waals surface area (Å²) in [6.07, 6.45) is 4.66. The zero-order valence-corrected chi connectivity index (χ0v) is 17.2. The van der Waals surface area contributed by atoms with E-state index < -0.39 is 0 Å². The van der Waals surface area contributed by atoms with Gasteiger partial charge in [0.25, 0.3) is 0 Å². The summed E-state index contributed by atoms with van der Waals surface area (Å²) in [5.74, 6) is 1.95. The Morgan fingerprint density at radius 1 is 1.41 bits per heavy atom. The number of aryl methyl sites for hydroxylation is 1. The van der Waals surface area contributed by atoms with Crippen molar-refractivity contribution in [2.45, 2.75) is 64.9 Å². The highest BCUT2D eigenvalue weighted by molar-refractivity contribution is 5.91. The average molecular weight is 403 g/mol. The zero-order chi connectivity index (χ0) is 20.8. The third-order valence-corrected chi connectivity index (χ3v) is 5.26. The number of H-pyrrole nitrogens is 1. The number of amides is 2. The minimum atomic E-state index is -0.351. The van der Waals surface area contributed by atoms with E-state index in [1.165, 1.54) is 0 Å². The fourth-order valence-corrected chi connectivity index (χ4v) is 3.37. The van der Waals surface area contributed by atoms with Crippen LogP contribution in [0, 0.1) is 12.8 Å². The quantitative estimate of drug-likeness (QED) is 0.622. The van der Waals surface area contributed by atoms with Crippen LogP contribution in [0.2, 0.25) is 0 Å². The monoisotopic (exact) mass is 403 g/mol. The highest BCUT2D eigenvalue weighted by atomic mass is 16.6. The van der Waals surface area contributed by atoms with E-state index in [4.69, 9.17) is 9.15 Å². The second-order valence-corrected chi connectivity index (χ2v) is 7.71. The summed E-state index contributed by atoms with van der Waals surface area (Å²) in [5, 5.41) is 12.7. The third kappa shape index (κ3) is 6.07. The number of hydrogen-bond acceptors (Lipinski definition) is 6. The molecule has 0 radical (unpaired) electrons. The van der Waals surface area contributed by atoms with Crippen LogP contribution in [0.3, 0.4) is 0 Å². The van der Waals surface area contributed by atoms with Gasteiger partial charge in [-0.3, -0.25) is 9.89 Å². The number of carbonyl (C=O) groups is 2. The molecule has 1 aliphatic carbocycles. The molecule has 3 N–H and O–H groups in total. The highest BCUT2D eigenvalue weighted by Gasteiger charge is 2.30. The average Bonchev–Trinajstić information content (AvgIpc) is 3.41. The highest BCUT2D eigenvalue weighted by Crippen LogP contribution is 2.35. The minimum Gasteiger partial charge on any atom is -0.446 e. The predicted molar refractivity (Wildman–Crippen MR) is 106 cm³/mol. The Hall–Kier alpha value is -2.84. The molecule has 3 rings (SSSR count). The number of rotatable bonds is 8. The molecule has 3 atom stereocenters. The van der Waals surface area contributed by atoms with Gasteiger partial charge in [-0.05, 0) is 25.2 Å². The number of nitrogens with zero attached hydrogens (tertiary/aromatic N) is 2. The molecule has 0 bridgehead atoms. The molecule has 2 amide bonds. The Bertz CT molecular complexity index is 830. The summed E-state index contributed by atoms with van der Waals surface area (Å²) in [6.45, 7) is 6.54. The molecule has 29 heavy (non-hydrogen) atoms. The molecule has 1 aliphatic rings. The summed E-state index contributed by atoms with van der Waals surface area (Å²) in [6, 6.07) is 1.83. The van der Waals surface area contributed by atoms with Crippen molar-refractivity contribution in [3.05, 3.63) is 29.6 Å². The molecule has 0 aromatic carbocycles. The SMILES string of the molecule is CCC(C)CNC(=O)O[C@@H]1CC[C@H](c2cc(NC(=O)Cc3cnc(C)o3)n[nH]2)C1. The van der Waals surface area contributed by atoms with Gasteiger partial charge in [0.15, 0.2) is 11.7 Å². The molecular formula is C20H29N5O4. The summed E-state index contributed by atoms with van der Waals surface area (Å²) >= 11 is 0. The molecule has 0 spiro atoms. The standard InChI is InChI=1S/C20H29N5O4/c1-4-12(2)10-22-20(27)29-15-6-5-14(7-15)17-9-18(25-24-17)23-19(26)8-16-11-21-13(3)28-16/h9,11-12,14-15H,4-8,10H2,1-3H3,(H,22,27)(H2,23,24,25,26)/t12?,14-,15+/m0/s1. The Balaban J connectivity index is 1.44. The molecule has 0 saturated heterocycles. The first-order chi connectivity index (χ1) is 13.9. The summed E-state index contributed by atoms with van der Waals surface area (Å²) in [5.41, 5.74) is 0.932. The van der Waals surface area contributed by atoms with Crippen LogP contribution in [-0.4, -0.2) is 39.8 Å². The van der Waals surface area contributed by atoms with Crippen molar-refractivity contribution in [2.24, 2.45) is 5.92 Å². The number of anilines is 1. The van der Waals surface area contributed by atoms with Gasteiger partial charge in [0.05, 0.1) is 12.6 Å². The molecule has 9 nitrogen and oxygen atoms in total. The van der Waals surface area contributed by atoms with Crippen LogP contribution in [0.5, 0.6) is 0 Å². The number of aromatic amines is 1. The van der Waals surface area contributed by atoms with Crippen LogP contribution in [-0.2, 0) is 16.0 Å². The van der Waals surface area contributed by atoms with Gasteiger partial charge < -0.3 is 19.8 Å². The van der Waals surface area contributed by atoms with Gasteiger partial charge in [0.2, 0.25) is 5.91 Å². The van der Waals surface area contributed by atoms with E-state index >= 15 is 0 Å². The van der Waals surface area contributed by atoms with Crippen LogP contribution in [0.15, 0.2) is 16.7 Å². The van der Waals surface area contributed by atoms with Gasteiger partial charge in [-0.15, -0.1) is 0 Å². The lowest BCUT2D eigenvalue weighted by molar-refractivity contribution is -0.115. The zero-order valence-electron chi connectivity index (χ0n) is 17.2. The number of nitrogens with one attached hydrogen (secondary N) is 3. The van der Waals surface area contributed by atoms with E-state index in [0.29, 0.717) is 29.9 Å². The Morgan fingerprint density at radius 2 is 2.24 bits per heavy atom. The van der Waals surface area contributed by atoms with Gasteiger partial charge in [-0.2, -0.15) is 5.10 Å². The second-order valence-electron chi connectivity index (χ2n) is 7.71. The number of carbonyl (C=O) groups excluding carboxylic acids is 2. The lowest BCUT2D eigenvalue weighted by atomic mass is 10.0. The molecule has 0 aliphatic heterocycles. The van der Waals surface area contributed by atoms with E-state index in [9.17, 15) is 9.59 Å². The van der Waals surface area contributed by atoms with Crippen molar-refractivity contribution in [1.82, 2.24) is 20.5 Å². The molecule has 1 fully saturated rings. The van der Waals surface area contributed by atoms with Crippen LogP contribution >= 0.6 is 0 Å². The molecule has 9 heteroatoms. The molecule has 2 heterocycles. The van der Waals surface area contributed by atoms with Crippen molar-refractivity contribution in [1.29, 1.82) is 0 Å². The summed E-state index contributed by atoms with van der Waals surface area (Å²) in [4.78, 5) is 28.0. The van der Waals surface area contributed by atoms with Gasteiger partial charge in [-0.25, -0.2) is 9.78 Å². The molecule has 2 aromatic heterocycles. The maximum Gasteiger partial charge on any atom is 0.407 e. The number of alkyl carbamates (subject to hydrolysis) is 1. The largest absolute Gasteiger partial charge is 0.446 e. The van der Waals surface area contributed by atoms with Crippen LogP contribution in [0.4, 0.5) is 10.6 Å². The van der Waals surface area contributed by atoms with Crippen molar-refractivity contribution < 1.29 is 18.7 Å². The normalized spacial score (nSPS) is 19.7. The lowest BCUT2D eigenvalue weighted by Crippen LogP contribution is -2.31. The van der Waals surface area contributed by atoms with Gasteiger partial charge in [0.1, 0.15) is 11.9 Å². The first kappa shape index (κ1) is 20.9. The first-order valence-electron chi connectivity index (χ1n) is 10.1. The Morgan fingerprint density at radius 3 is 2.97 bits per heavy atom. The third-order valence-electron chi connectivity index (χ3n) is 5.26. The smallest absolute Gasteiger partial charge is 0.407 e. The number of aromatic nitrogens is 3. The number of ether oxygens (including phenoxy) is 1. The van der Waals surface area contributed by atoms with E-state index in [1.807, 2.05) is 6.07 Å². The van der Waals surface area contributed by atoms with E-state index in [1.54, 1.807) is 13.1 Å². The Kier molecular flexibility index (Phi) is 6.90. The van der Waals surface area contributed by atoms with Crippen LogP contribution in [0.1, 0.15) is 62.8 Å². The van der Waals surface area contributed by atoms with Gasteiger partial charge in [-0.1, -0.05) is 20.3 Å². The van der Waals surface area contributed by atoms with Crippen molar-refractivity contribution in [3.63, 3.8) is 0 Å². The van der Waals surface area contributed by atoms with Gasteiger partial charge in [0, 0.05) is 31.1 Å². The fourth-order valence-electron chi connectivity index (χ4n) is 3.37. The van der Waals surface area contributed by atoms with Crippen LogP contribution < -0.4 is 10.6 Å². The van der Waals surface area contributed by atoms with E-state index in [2.05, 4.69) is 39.7 Å². The van der Waals surface area contributed by atoms with Gasteiger partial charge >= 0.3 is 6.09 Å². The lowest BCUT2D eigenvalue weighted by Gasteiger charge is -2.15. The second kappa shape index (κ2) is 9.58. The molecule has 1 unspecified atom stereocenters. The molecule has 1 saturated carbocycles. The molecule has 158 valence electrons. The number of oxazole rings is 1. The van der Waals surface area contributed by atoms with Crippen molar-refractivity contribution >= 4 is 17.8 Å². The number of hydrogen-bond donors (Lipinski definition) is 3. The van der Waals surface area contributed by atoms with Crippen LogP contribution in [0.25, 0.3) is 0 Å². The summed E-state index contributed by atoms with van der Waals surface area (Å²) in [7, 11) is 0. The summed E-state index contributed by atoms with van der Waals surface area (Å²) < 4.78 is 10.8. The van der Waals surface area contributed by atoms with Crippen molar-refractivity contribution in [3.8, 4) is 0 Å². The predicted octanol–water partition coefficient (Wildman–Crippen LogP) is 3.30. The van der Waals surface area contributed by atoms with E-state index in [0.717, 1.165) is 31.4 Å². The van der Waals surface area contributed by atoms with E-state index in [-0.39, 0.29) is 30.4 Å².